The largest absolute Gasteiger partial charge is 0.325 e. The third-order valence-electron chi connectivity index (χ3n) is 3.44. The Morgan fingerprint density at radius 2 is 1.92 bits per heavy atom. The highest BCUT2D eigenvalue weighted by Gasteiger charge is 2.14. The highest BCUT2D eigenvalue weighted by molar-refractivity contribution is 8.00. The fraction of sp³-hybridized carbons (Fsp3) is 0.188. The van der Waals surface area contributed by atoms with Crippen molar-refractivity contribution in [2.45, 2.75) is 23.6 Å². The lowest BCUT2D eigenvalue weighted by atomic mass is 10.1. The molecule has 3 N–H and O–H groups in total. The maximum absolute atomic E-state index is 13.5. The van der Waals surface area contributed by atoms with Crippen LogP contribution >= 0.6 is 11.8 Å². The topological polar surface area (TPSA) is 89.3 Å². The van der Waals surface area contributed by atoms with Gasteiger partial charge in [0.25, 0.3) is 0 Å². The number of carbonyl (C=O) groups excluding carboxylic acids is 1. The molecule has 0 fully saturated rings. The molecular weight excluding hydrogens is 351 g/mol. The van der Waals surface area contributed by atoms with Crippen molar-refractivity contribution in [2.75, 3.05) is 11.1 Å². The van der Waals surface area contributed by atoms with Crippen LogP contribution in [0.25, 0.3) is 0 Å². The number of anilines is 1. The van der Waals surface area contributed by atoms with Crippen molar-refractivity contribution in [3.8, 4) is 0 Å². The quantitative estimate of drug-likeness (QED) is 0.794. The van der Waals surface area contributed by atoms with Crippen LogP contribution in [0.3, 0.4) is 0 Å². The van der Waals surface area contributed by atoms with E-state index in [1.165, 1.54) is 18.2 Å². The van der Waals surface area contributed by atoms with Crippen LogP contribution in [-0.2, 0) is 14.8 Å². The van der Waals surface area contributed by atoms with Crippen LogP contribution in [0.5, 0.6) is 0 Å². The highest BCUT2D eigenvalue weighted by Crippen LogP contribution is 2.25. The normalized spacial score (nSPS) is 11.3. The Morgan fingerprint density at radius 1 is 1.25 bits per heavy atom. The van der Waals surface area contributed by atoms with Gasteiger partial charge in [-0.3, -0.25) is 4.79 Å². The number of nitrogens with two attached hydrogens (primary N) is 1. The summed E-state index contributed by atoms with van der Waals surface area (Å²) in [4.78, 5) is 12.4. The minimum Gasteiger partial charge on any atom is -0.325 e. The number of primary sulfonamides is 1. The lowest BCUT2D eigenvalue weighted by Crippen LogP contribution is -2.17. The third-order valence-corrected chi connectivity index (χ3v) is 5.38. The summed E-state index contributed by atoms with van der Waals surface area (Å²) in [6.07, 6.45) is 0. The minimum absolute atomic E-state index is 0.000969. The Hall–Kier alpha value is -1.90. The molecule has 0 saturated heterocycles. The van der Waals surface area contributed by atoms with Crippen LogP contribution in [-0.4, -0.2) is 20.1 Å². The molecule has 2 rings (SSSR count). The Bertz CT molecular complexity index is 883. The van der Waals surface area contributed by atoms with E-state index in [0.29, 0.717) is 16.1 Å². The van der Waals surface area contributed by atoms with Gasteiger partial charge in [-0.15, -0.1) is 11.8 Å². The van der Waals surface area contributed by atoms with Gasteiger partial charge in [-0.1, -0.05) is 12.1 Å². The summed E-state index contributed by atoms with van der Waals surface area (Å²) in [7, 11) is -3.87. The molecule has 0 radical (unpaired) electrons. The van der Waals surface area contributed by atoms with Crippen LogP contribution in [0.1, 0.15) is 11.1 Å². The van der Waals surface area contributed by atoms with Crippen molar-refractivity contribution >= 4 is 33.4 Å². The predicted octanol–water partition coefficient (Wildman–Crippen LogP) is 2.82. The molecule has 0 saturated carbocycles. The van der Waals surface area contributed by atoms with Gasteiger partial charge in [0.15, 0.2) is 0 Å². The van der Waals surface area contributed by atoms with Gasteiger partial charge in [-0.2, -0.15) is 0 Å². The first-order chi connectivity index (χ1) is 11.2. The Labute approximate surface area is 144 Å². The van der Waals surface area contributed by atoms with Crippen molar-refractivity contribution in [2.24, 2.45) is 5.14 Å². The number of amides is 1. The number of hydrogen-bond acceptors (Lipinski definition) is 4. The molecule has 5 nitrogen and oxygen atoms in total. The smallest absolute Gasteiger partial charge is 0.238 e. The van der Waals surface area contributed by atoms with Crippen LogP contribution in [0.4, 0.5) is 10.1 Å². The van der Waals surface area contributed by atoms with Crippen molar-refractivity contribution < 1.29 is 17.6 Å². The number of sulfonamides is 1. The number of halogens is 1. The van der Waals surface area contributed by atoms with E-state index < -0.39 is 15.8 Å². The van der Waals surface area contributed by atoms with Gasteiger partial charge in [-0.05, 0) is 49.2 Å². The average Bonchev–Trinajstić information content (AvgIpc) is 2.50. The zero-order valence-corrected chi connectivity index (χ0v) is 14.8. The first-order valence-corrected chi connectivity index (χ1v) is 9.53. The highest BCUT2D eigenvalue weighted by atomic mass is 32.2. The Balaban J connectivity index is 2.14. The van der Waals surface area contributed by atoms with Gasteiger partial charge in [0.1, 0.15) is 5.82 Å². The summed E-state index contributed by atoms with van der Waals surface area (Å²) >= 11 is 1.06. The third kappa shape index (κ3) is 4.56. The van der Waals surface area contributed by atoms with E-state index in [2.05, 4.69) is 5.32 Å². The van der Waals surface area contributed by atoms with Gasteiger partial charge in [0.05, 0.1) is 10.6 Å². The molecule has 0 aliphatic carbocycles. The van der Waals surface area contributed by atoms with Crippen LogP contribution < -0.4 is 10.5 Å². The number of hydrogen-bond donors (Lipinski definition) is 2. The maximum Gasteiger partial charge on any atom is 0.238 e. The van der Waals surface area contributed by atoms with Crippen LogP contribution in [0.15, 0.2) is 46.2 Å². The summed E-state index contributed by atoms with van der Waals surface area (Å²) in [5.74, 6) is -0.755. The van der Waals surface area contributed by atoms with Crippen LogP contribution in [0, 0.1) is 19.7 Å². The molecule has 8 heteroatoms. The fourth-order valence-electron chi connectivity index (χ4n) is 2.01. The van der Waals surface area contributed by atoms with Gasteiger partial charge >= 0.3 is 0 Å². The second-order valence-electron chi connectivity index (χ2n) is 5.23. The number of thioether (sulfide) groups is 1. The van der Waals surface area contributed by atoms with E-state index in [4.69, 9.17) is 5.14 Å². The predicted molar refractivity (Wildman–Crippen MR) is 93.0 cm³/mol. The minimum atomic E-state index is -3.87. The summed E-state index contributed by atoms with van der Waals surface area (Å²) in [6.45, 7) is 3.50. The second kappa shape index (κ2) is 7.33. The Morgan fingerprint density at radius 3 is 2.54 bits per heavy atom. The van der Waals surface area contributed by atoms with Gasteiger partial charge in [-0.25, -0.2) is 17.9 Å². The second-order valence-corrected chi connectivity index (χ2v) is 7.80. The fourth-order valence-corrected chi connectivity index (χ4v) is 3.37. The first-order valence-electron chi connectivity index (χ1n) is 6.99. The van der Waals surface area contributed by atoms with Gasteiger partial charge < -0.3 is 5.32 Å². The number of benzene rings is 2. The zero-order valence-electron chi connectivity index (χ0n) is 13.2. The van der Waals surface area contributed by atoms with E-state index in [9.17, 15) is 17.6 Å². The zero-order chi connectivity index (χ0) is 17.9. The number of aryl methyl sites for hydroxylation is 1. The van der Waals surface area contributed by atoms with Crippen molar-refractivity contribution in [3.05, 3.63) is 53.3 Å². The molecule has 0 aliphatic rings. The van der Waals surface area contributed by atoms with E-state index >= 15 is 0 Å². The molecule has 1 amide bonds. The molecule has 0 aliphatic heterocycles. The molecule has 2 aromatic carbocycles. The average molecular weight is 368 g/mol. The molecule has 0 aromatic heterocycles. The number of carbonyl (C=O) groups is 1. The molecule has 0 unspecified atom stereocenters. The number of rotatable bonds is 5. The van der Waals surface area contributed by atoms with Gasteiger partial charge in [0.2, 0.25) is 15.9 Å². The standard InChI is InChI=1S/C16H17FN2O3S2/c1-10-7-12(24(18,21)22)8-14(11(10)2)19-16(20)9-23-15-6-4-3-5-13(15)17/h3-8H,9H2,1-2H3,(H,19,20)(H2,18,21,22). The Kier molecular flexibility index (Phi) is 5.63. The summed E-state index contributed by atoms with van der Waals surface area (Å²) in [5, 5.41) is 7.79. The van der Waals surface area contributed by atoms with E-state index in [0.717, 1.165) is 17.3 Å². The first kappa shape index (κ1) is 18.4. The summed E-state index contributed by atoms with van der Waals surface area (Å²) in [6, 6.07) is 8.95. The molecule has 0 atom stereocenters. The van der Waals surface area contributed by atoms with Crippen molar-refractivity contribution in [3.63, 3.8) is 0 Å². The molecule has 0 spiro atoms. The van der Waals surface area contributed by atoms with Crippen molar-refractivity contribution in [1.82, 2.24) is 0 Å². The van der Waals surface area contributed by atoms with E-state index in [1.54, 1.807) is 32.0 Å². The molecular formula is C16H17FN2O3S2. The maximum atomic E-state index is 13.5. The lowest BCUT2D eigenvalue weighted by molar-refractivity contribution is -0.113. The molecule has 0 heterocycles. The summed E-state index contributed by atoms with van der Waals surface area (Å²) < 4.78 is 36.5. The monoisotopic (exact) mass is 368 g/mol. The SMILES string of the molecule is Cc1cc(S(N)(=O)=O)cc(NC(=O)CSc2ccccc2F)c1C. The molecule has 128 valence electrons. The summed E-state index contributed by atoms with van der Waals surface area (Å²) in [5.41, 5.74) is 1.81. The van der Waals surface area contributed by atoms with E-state index in [-0.39, 0.29) is 16.6 Å². The molecule has 2 aromatic rings. The van der Waals surface area contributed by atoms with Crippen LogP contribution in [0.2, 0.25) is 0 Å². The molecule has 0 bridgehead atoms. The number of nitrogens with one attached hydrogen (secondary N) is 1. The van der Waals surface area contributed by atoms with E-state index in [1.807, 2.05) is 0 Å². The molecule has 24 heavy (non-hydrogen) atoms. The van der Waals surface area contributed by atoms with Crippen molar-refractivity contribution in [1.29, 1.82) is 0 Å². The lowest BCUT2D eigenvalue weighted by Gasteiger charge is -2.12. The van der Waals surface area contributed by atoms with Gasteiger partial charge in [0, 0.05) is 10.6 Å².